The van der Waals surface area contributed by atoms with Gasteiger partial charge in [-0.15, -0.1) is 0 Å². The average molecular weight is 489 g/mol. The Hall–Kier alpha value is -4.31. The molecule has 5 rings (SSSR count). The van der Waals surface area contributed by atoms with Crippen LogP contribution in [0.3, 0.4) is 0 Å². The Morgan fingerprint density at radius 3 is 2.29 bits per heavy atom. The molecule has 0 fully saturated rings. The van der Waals surface area contributed by atoms with Crippen molar-refractivity contribution in [2.75, 3.05) is 25.7 Å². The zero-order valence-corrected chi connectivity index (χ0v) is 19.7. The Labute approximate surface area is 204 Å². The van der Waals surface area contributed by atoms with Crippen molar-refractivity contribution in [2.24, 2.45) is 0 Å². The maximum absolute atomic E-state index is 13.6. The second-order valence-electron chi connectivity index (χ2n) is 7.73. The molecule has 1 aliphatic heterocycles. The fourth-order valence-corrected chi connectivity index (χ4v) is 5.02. The number of thiazole rings is 1. The highest BCUT2D eigenvalue weighted by molar-refractivity contribution is 7.22. The predicted octanol–water partition coefficient (Wildman–Crippen LogP) is 3.54. The van der Waals surface area contributed by atoms with E-state index in [0.717, 1.165) is 10.5 Å². The van der Waals surface area contributed by atoms with Gasteiger partial charge >= 0.3 is 0 Å². The number of hydrogen-bond acceptors (Lipinski definition) is 8. The van der Waals surface area contributed by atoms with Crippen LogP contribution in [-0.2, 0) is 11.3 Å². The summed E-state index contributed by atoms with van der Waals surface area (Å²) in [6.45, 7) is -0.267. The minimum Gasteiger partial charge on any atom is -0.495 e. The van der Waals surface area contributed by atoms with Crippen molar-refractivity contribution in [3.05, 3.63) is 77.6 Å². The molecule has 0 saturated heterocycles. The van der Waals surface area contributed by atoms with E-state index in [1.54, 1.807) is 69.1 Å². The van der Waals surface area contributed by atoms with Crippen LogP contribution in [0.5, 0.6) is 11.5 Å². The number of rotatable bonds is 7. The maximum atomic E-state index is 13.6. The third-order valence-electron chi connectivity index (χ3n) is 5.67. The van der Waals surface area contributed by atoms with Gasteiger partial charge in [0.25, 0.3) is 11.8 Å². The third kappa shape index (κ3) is 3.97. The summed E-state index contributed by atoms with van der Waals surface area (Å²) >= 11 is 1.26. The summed E-state index contributed by atoms with van der Waals surface area (Å²) < 4.78 is 11.6. The molecule has 3 amide bonds. The van der Waals surface area contributed by atoms with Crippen LogP contribution in [0.2, 0.25) is 0 Å². The molecule has 0 unspecified atom stereocenters. The molecule has 0 saturated carbocycles. The maximum Gasteiger partial charge on any atom is 0.262 e. The lowest BCUT2D eigenvalue weighted by Crippen LogP contribution is -2.42. The molecule has 1 aliphatic rings. The largest absolute Gasteiger partial charge is 0.495 e. The Morgan fingerprint density at radius 1 is 0.971 bits per heavy atom. The molecule has 0 radical (unpaired) electrons. The molecule has 4 aromatic rings. The van der Waals surface area contributed by atoms with E-state index in [-0.39, 0.29) is 6.54 Å². The number of methoxy groups -OCH3 is 2. The molecule has 0 bridgehead atoms. The number of carbonyl (C=O) groups excluding carboxylic acids is 3. The van der Waals surface area contributed by atoms with Crippen molar-refractivity contribution in [3.8, 4) is 11.5 Å². The number of fused-ring (bicyclic) bond motifs is 2. The second-order valence-corrected chi connectivity index (χ2v) is 8.70. The Morgan fingerprint density at radius 2 is 1.66 bits per heavy atom. The minimum absolute atomic E-state index is 0.153. The highest BCUT2D eigenvalue weighted by Gasteiger charge is 2.37. The number of amides is 3. The van der Waals surface area contributed by atoms with Gasteiger partial charge in [-0.05, 0) is 35.9 Å². The summed E-state index contributed by atoms with van der Waals surface area (Å²) in [5, 5.41) is 0.383. The van der Waals surface area contributed by atoms with E-state index >= 15 is 0 Å². The van der Waals surface area contributed by atoms with Gasteiger partial charge in [0.15, 0.2) is 5.13 Å². The first-order valence-electron chi connectivity index (χ1n) is 10.7. The molecule has 0 spiro atoms. The molecule has 2 aromatic carbocycles. The van der Waals surface area contributed by atoms with Gasteiger partial charge in [0.2, 0.25) is 5.91 Å². The number of aromatic nitrogens is 2. The van der Waals surface area contributed by atoms with Gasteiger partial charge in [0, 0.05) is 12.4 Å². The lowest BCUT2D eigenvalue weighted by Gasteiger charge is -2.22. The standard InChI is InChI=1S/C25H20N4O5S/c1-33-18-9-10-19(34-2)22-21(18)27-25(35-22)28(13-15-6-5-11-26-12-15)20(30)14-29-23(31)16-7-3-4-8-17(16)24(29)32/h3-12H,13-14H2,1-2H3. The van der Waals surface area contributed by atoms with Crippen molar-refractivity contribution in [1.29, 1.82) is 0 Å². The van der Waals surface area contributed by atoms with Crippen LogP contribution in [0.25, 0.3) is 10.2 Å². The van der Waals surface area contributed by atoms with Crippen molar-refractivity contribution >= 4 is 44.4 Å². The molecule has 9 nitrogen and oxygen atoms in total. The number of ether oxygens (including phenoxy) is 2. The first kappa shape index (κ1) is 22.5. The number of nitrogens with zero attached hydrogens (tertiary/aromatic N) is 4. The van der Waals surface area contributed by atoms with Crippen LogP contribution >= 0.6 is 11.3 Å². The minimum atomic E-state index is -0.493. The van der Waals surface area contributed by atoms with Gasteiger partial charge in [-0.3, -0.25) is 29.2 Å². The molecule has 0 atom stereocenters. The quantitative estimate of drug-likeness (QED) is 0.367. The SMILES string of the molecule is COc1ccc(OC)c2sc(N(Cc3cccnc3)C(=O)CN3C(=O)c4ccccc4C3=O)nc12. The summed E-state index contributed by atoms with van der Waals surface area (Å²) in [6, 6.07) is 13.7. The average Bonchev–Trinajstić information content (AvgIpc) is 3.43. The van der Waals surface area contributed by atoms with Crippen LogP contribution in [0, 0.1) is 0 Å². The van der Waals surface area contributed by atoms with E-state index in [1.807, 2.05) is 6.07 Å². The summed E-state index contributed by atoms with van der Waals surface area (Å²) in [6.07, 6.45) is 3.29. The van der Waals surface area contributed by atoms with E-state index < -0.39 is 24.3 Å². The Kier molecular flexibility index (Phi) is 5.87. The van der Waals surface area contributed by atoms with Gasteiger partial charge in [0.05, 0.1) is 31.9 Å². The first-order chi connectivity index (χ1) is 17.0. The molecule has 35 heavy (non-hydrogen) atoms. The van der Waals surface area contributed by atoms with Crippen LogP contribution in [0.4, 0.5) is 5.13 Å². The fourth-order valence-electron chi connectivity index (χ4n) is 3.93. The highest BCUT2D eigenvalue weighted by Crippen LogP contribution is 2.40. The molecule has 0 aliphatic carbocycles. The zero-order chi connectivity index (χ0) is 24.5. The predicted molar refractivity (Wildman–Crippen MR) is 130 cm³/mol. The summed E-state index contributed by atoms with van der Waals surface area (Å²) in [5.74, 6) is -0.308. The topological polar surface area (TPSA) is 102 Å². The molecule has 0 N–H and O–H groups in total. The number of hydrogen-bond donors (Lipinski definition) is 0. The van der Waals surface area contributed by atoms with Gasteiger partial charge < -0.3 is 9.47 Å². The van der Waals surface area contributed by atoms with Crippen LogP contribution < -0.4 is 14.4 Å². The third-order valence-corrected chi connectivity index (χ3v) is 6.76. The second kappa shape index (κ2) is 9.15. The summed E-state index contributed by atoms with van der Waals surface area (Å²) in [4.78, 5) is 50.5. The van der Waals surface area contributed by atoms with Crippen LogP contribution in [0.1, 0.15) is 26.3 Å². The van der Waals surface area contributed by atoms with E-state index in [2.05, 4.69) is 9.97 Å². The van der Waals surface area contributed by atoms with Gasteiger partial charge in [-0.1, -0.05) is 29.5 Å². The lowest BCUT2D eigenvalue weighted by atomic mass is 10.1. The monoisotopic (exact) mass is 488 g/mol. The van der Waals surface area contributed by atoms with E-state index in [9.17, 15) is 14.4 Å². The fraction of sp³-hybridized carbons (Fsp3) is 0.160. The number of benzene rings is 2. The molecule has 3 heterocycles. The number of pyridine rings is 1. The number of carbonyl (C=O) groups is 3. The molecule has 10 heteroatoms. The summed E-state index contributed by atoms with van der Waals surface area (Å²) in [5.41, 5.74) is 1.90. The molecule has 176 valence electrons. The smallest absolute Gasteiger partial charge is 0.262 e. The van der Waals surface area contributed by atoms with Crippen LogP contribution in [0.15, 0.2) is 60.9 Å². The Bertz CT molecular complexity index is 1380. The van der Waals surface area contributed by atoms with E-state index in [4.69, 9.17) is 9.47 Å². The zero-order valence-electron chi connectivity index (χ0n) is 18.9. The molecular formula is C25H20N4O5S. The number of imide groups is 1. The summed E-state index contributed by atoms with van der Waals surface area (Å²) in [7, 11) is 3.10. The molecule has 2 aromatic heterocycles. The van der Waals surface area contributed by atoms with Gasteiger partial charge in [-0.25, -0.2) is 4.98 Å². The number of anilines is 1. The van der Waals surface area contributed by atoms with Crippen molar-refractivity contribution < 1.29 is 23.9 Å². The van der Waals surface area contributed by atoms with E-state index in [0.29, 0.717) is 38.0 Å². The first-order valence-corrected chi connectivity index (χ1v) is 11.5. The normalized spacial score (nSPS) is 12.7. The van der Waals surface area contributed by atoms with E-state index in [1.165, 1.54) is 16.2 Å². The molecular weight excluding hydrogens is 468 g/mol. The Balaban J connectivity index is 1.53. The van der Waals surface area contributed by atoms with Crippen molar-refractivity contribution in [1.82, 2.24) is 14.9 Å². The van der Waals surface area contributed by atoms with Gasteiger partial charge in [-0.2, -0.15) is 0 Å². The van der Waals surface area contributed by atoms with Gasteiger partial charge in [0.1, 0.15) is 28.3 Å². The van der Waals surface area contributed by atoms with Crippen molar-refractivity contribution in [2.45, 2.75) is 6.54 Å². The van der Waals surface area contributed by atoms with Crippen molar-refractivity contribution in [3.63, 3.8) is 0 Å². The lowest BCUT2D eigenvalue weighted by molar-refractivity contribution is -0.119. The van der Waals surface area contributed by atoms with Crippen LogP contribution in [-0.4, -0.2) is 53.4 Å². The highest BCUT2D eigenvalue weighted by atomic mass is 32.1.